The Hall–Kier alpha value is -2.79. The minimum absolute atomic E-state index is 0.626. The molecule has 0 aliphatic heterocycles. The number of benzene rings is 3. The first-order valence-electron chi connectivity index (χ1n) is 9.39. The first-order chi connectivity index (χ1) is 13.5. The number of hydrogen-bond donors (Lipinski definition) is 2. The quantitative estimate of drug-likeness (QED) is 0.391. The molecular formula is C23H21F3N2. The van der Waals surface area contributed by atoms with Crippen molar-refractivity contribution in [1.82, 2.24) is 4.98 Å². The Kier molecular flexibility index (Phi) is 4.85. The van der Waals surface area contributed by atoms with Gasteiger partial charge in [-0.1, -0.05) is 48.5 Å². The average molecular weight is 382 g/mol. The minimum atomic E-state index is -4.33. The van der Waals surface area contributed by atoms with Crippen LogP contribution < -0.4 is 5.73 Å². The van der Waals surface area contributed by atoms with Crippen molar-refractivity contribution >= 4 is 21.7 Å². The number of nitrogens with two attached hydrogens (primary N) is 1. The van der Waals surface area contributed by atoms with Crippen LogP contribution in [0.4, 0.5) is 13.2 Å². The summed E-state index contributed by atoms with van der Waals surface area (Å²) in [4.78, 5) is 3.50. The van der Waals surface area contributed by atoms with Crippen molar-refractivity contribution in [3.05, 3.63) is 71.8 Å². The van der Waals surface area contributed by atoms with Crippen molar-refractivity contribution in [2.45, 2.75) is 25.4 Å². The number of alkyl halides is 3. The molecule has 1 heterocycles. The third-order valence-corrected chi connectivity index (χ3v) is 5.19. The molecule has 0 radical (unpaired) electrons. The van der Waals surface area contributed by atoms with Crippen molar-refractivity contribution < 1.29 is 13.2 Å². The van der Waals surface area contributed by atoms with Crippen LogP contribution >= 0.6 is 0 Å². The van der Waals surface area contributed by atoms with Gasteiger partial charge in [0.2, 0.25) is 0 Å². The maximum absolute atomic E-state index is 12.9. The number of aryl methyl sites for hydroxylation is 1. The topological polar surface area (TPSA) is 41.8 Å². The minimum Gasteiger partial charge on any atom is -0.354 e. The molecule has 0 fully saturated rings. The van der Waals surface area contributed by atoms with E-state index in [-0.39, 0.29) is 0 Å². The molecule has 0 spiro atoms. The van der Waals surface area contributed by atoms with Crippen molar-refractivity contribution in [3.8, 4) is 11.3 Å². The first kappa shape index (κ1) is 18.6. The molecule has 3 aromatic carbocycles. The zero-order chi connectivity index (χ0) is 19.7. The van der Waals surface area contributed by atoms with E-state index in [1.165, 1.54) is 0 Å². The zero-order valence-corrected chi connectivity index (χ0v) is 15.3. The van der Waals surface area contributed by atoms with Gasteiger partial charge in [-0.15, -0.1) is 0 Å². The summed E-state index contributed by atoms with van der Waals surface area (Å²) in [6, 6.07) is 17.7. The number of unbranched alkanes of at least 4 members (excludes halogenated alkanes) is 1. The predicted molar refractivity (Wildman–Crippen MR) is 108 cm³/mol. The Morgan fingerprint density at radius 2 is 1.57 bits per heavy atom. The number of rotatable bonds is 5. The van der Waals surface area contributed by atoms with Gasteiger partial charge in [0.15, 0.2) is 0 Å². The second-order valence-electron chi connectivity index (χ2n) is 7.01. The summed E-state index contributed by atoms with van der Waals surface area (Å²) >= 11 is 0. The molecule has 0 aliphatic carbocycles. The monoisotopic (exact) mass is 382 g/mol. The lowest BCUT2D eigenvalue weighted by Crippen LogP contribution is -2.04. The van der Waals surface area contributed by atoms with Gasteiger partial charge in [-0.2, -0.15) is 13.2 Å². The molecule has 144 valence electrons. The van der Waals surface area contributed by atoms with E-state index >= 15 is 0 Å². The molecule has 4 aromatic rings. The number of fused-ring (bicyclic) bond motifs is 3. The van der Waals surface area contributed by atoms with E-state index in [0.717, 1.165) is 69.9 Å². The van der Waals surface area contributed by atoms with Gasteiger partial charge in [-0.05, 0) is 54.5 Å². The molecule has 1 aromatic heterocycles. The number of hydrogen-bond acceptors (Lipinski definition) is 1. The number of nitrogens with one attached hydrogen (secondary N) is 1. The van der Waals surface area contributed by atoms with Crippen molar-refractivity contribution in [1.29, 1.82) is 0 Å². The number of halogens is 3. The lowest BCUT2D eigenvalue weighted by molar-refractivity contribution is -0.137. The summed E-state index contributed by atoms with van der Waals surface area (Å²) in [5.74, 6) is 0. The standard InChI is InChI=1S/C23H21F3N2/c24-23(25,26)17-11-8-16(9-12-17)21-19(7-3-4-14-27)20-13-10-15-5-1-2-6-18(15)22(20)28-21/h1-2,5-6,8-13,28H,3-4,7,14,27H2. The van der Waals surface area contributed by atoms with Crippen molar-refractivity contribution in [2.75, 3.05) is 6.54 Å². The van der Waals surface area contributed by atoms with Crippen LogP contribution in [0.3, 0.4) is 0 Å². The highest BCUT2D eigenvalue weighted by Crippen LogP contribution is 2.36. The van der Waals surface area contributed by atoms with E-state index in [2.05, 4.69) is 29.2 Å². The Bertz CT molecular complexity index is 1110. The van der Waals surface area contributed by atoms with E-state index in [4.69, 9.17) is 5.73 Å². The number of aromatic amines is 1. The molecule has 4 rings (SSSR count). The summed E-state index contributed by atoms with van der Waals surface area (Å²) in [5, 5.41) is 3.35. The van der Waals surface area contributed by atoms with E-state index in [9.17, 15) is 13.2 Å². The highest BCUT2D eigenvalue weighted by atomic mass is 19.4. The van der Waals surface area contributed by atoms with Crippen LogP contribution in [0.2, 0.25) is 0 Å². The van der Waals surface area contributed by atoms with Gasteiger partial charge in [0, 0.05) is 16.5 Å². The lowest BCUT2D eigenvalue weighted by atomic mass is 9.98. The maximum Gasteiger partial charge on any atom is 0.416 e. The van der Waals surface area contributed by atoms with Crippen LogP contribution in [0, 0.1) is 0 Å². The molecule has 2 nitrogen and oxygen atoms in total. The van der Waals surface area contributed by atoms with E-state index in [1.54, 1.807) is 12.1 Å². The van der Waals surface area contributed by atoms with Gasteiger partial charge in [-0.3, -0.25) is 0 Å². The second kappa shape index (κ2) is 7.32. The molecule has 5 heteroatoms. The fourth-order valence-corrected chi connectivity index (χ4v) is 3.77. The molecule has 0 saturated heterocycles. The molecule has 28 heavy (non-hydrogen) atoms. The summed E-state index contributed by atoms with van der Waals surface area (Å²) in [6.07, 6.45) is -1.67. The predicted octanol–water partition coefficient (Wildman–Crippen LogP) is 6.29. The summed E-state index contributed by atoms with van der Waals surface area (Å²) in [5.41, 5.74) is 8.81. The second-order valence-corrected chi connectivity index (χ2v) is 7.01. The van der Waals surface area contributed by atoms with Crippen LogP contribution in [0.25, 0.3) is 32.9 Å². The molecule has 3 N–H and O–H groups in total. The SMILES string of the molecule is NCCCCc1c(-c2ccc(C(F)(F)F)cc2)[nH]c2c1ccc1ccccc12. The van der Waals surface area contributed by atoms with Crippen LogP contribution in [0.15, 0.2) is 60.7 Å². The fraction of sp³-hybridized carbons (Fsp3) is 0.217. The van der Waals surface area contributed by atoms with Crippen molar-refractivity contribution in [3.63, 3.8) is 0 Å². The van der Waals surface area contributed by atoms with Gasteiger partial charge in [-0.25, -0.2) is 0 Å². The molecule has 0 aliphatic rings. The largest absolute Gasteiger partial charge is 0.416 e. The average Bonchev–Trinajstić information content (AvgIpc) is 3.07. The smallest absolute Gasteiger partial charge is 0.354 e. The summed E-state index contributed by atoms with van der Waals surface area (Å²) in [7, 11) is 0. The zero-order valence-electron chi connectivity index (χ0n) is 15.3. The summed E-state index contributed by atoms with van der Waals surface area (Å²) < 4.78 is 38.8. The Labute approximate surface area is 161 Å². The Morgan fingerprint density at radius 1 is 0.821 bits per heavy atom. The van der Waals surface area contributed by atoms with Crippen LogP contribution in [0.5, 0.6) is 0 Å². The van der Waals surface area contributed by atoms with Gasteiger partial charge < -0.3 is 10.7 Å². The van der Waals surface area contributed by atoms with Gasteiger partial charge in [0.05, 0.1) is 11.1 Å². The van der Waals surface area contributed by atoms with E-state index in [0.29, 0.717) is 6.54 Å². The van der Waals surface area contributed by atoms with E-state index in [1.807, 2.05) is 12.1 Å². The first-order valence-corrected chi connectivity index (χ1v) is 9.39. The van der Waals surface area contributed by atoms with Crippen LogP contribution in [-0.2, 0) is 12.6 Å². The molecule has 0 amide bonds. The normalized spacial score (nSPS) is 12.1. The maximum atomic E-state index is 12.9. The van der Waals surface area contributed by atoms with Gasteiger partial charge >= 0.3 is 6.18 Å². The van der Waals surface area contributed by atoms with Crippen molar-refractivity contribution in [2.24, 2.45) is 5.73 Å². The third-order valence-electron chi connectivity index (χ3n) is 5.19. The van der Waals surface area contributed by atoms with Gasteiger partial charge in [0.25, 0.3) is 0 Å². The number of aromatic nitrogens is 1. The molecule has 0 saturated carbocycles. The fourth-order valence-electron chi connectivity index (χ4n) is 3.77. The molecular weight excluding hydrogens is 361 g/mol. The highest BCUT2D eigenvalue weighted by Gasteiger charge is 2.30. The lowest BCUT2D eigenvalue weighted by Gasteiger charge is -2.09. The van der Waals surface area contributed by atoms with Crippen LogP contribution in [0.1, 0.15) is 24.0 Å². The molecule has 0 atom stereocenters. The summed E-state index contributed by atoms with van der Waals surface area (Å²) in [6.45, 7) is 0.626. The Balaban J connectivity index is 1.88. The van der Waals surface area contributed by atoms with Gasteiger partial charge in [0.1, 0.15) is 0 Å². The molecule has 0 bridgehead atoms. The number of H-pyrrole nitrogens is 1. The molecule has 0 unspecified atom stereocenters. The highest BCUT2D eigenvalue weighted by molar-refractivity contribution is 6.08. The van der Waals surface area contributed by atoms with E-state index < -0.39 is 11.7 Å². The third kappa shape index (κ3) is 3.38. The Morgan fingerprint density at radius 3 is 2.29 bits per heavy atom. The van der Waals surface area contributed by atoms with Crippen LogP contribution in [-0.4, -0.2) is 11.5 Å².